The molecular weight excluding hydrogens is 324 g/mol. The van der Waals surface area contributed by atoms with Gasteiger partial charge < -0.3 is 10.4 Å². The third kappa shape index (κ3) is 3.45. The number of hydrogen-bond donors (Lipinski definition) is 2. The lowest BCUT2D eigenvalue weighted by atomic mass is 10.00. The third-order valence-electron chi connectivity index (χ3n) is 3.59. The Morgan fingerprint density at radius 2 is 1.71 bits per heavy atom. The molecule has 0 saturated carbocycles. The molecule has 0 aliphatic heterocycles. The number of aliphatic hydroxyl groups is 1. The number of rotatable bonds is 4. The van der Waals surface area contributed by atoms with Crippen molar-refractivity contribution >= 4 is 23.2 Å². The van der Waals surface area contributed by atoms with Gasteiger partial charge in [-0.05, 0) is 23.8 Å². The Balaban J connectivity index is 1.92. The highest BCUT2D eigenvalue weighted by molar-refractivity contribution is 6.33. The quantitative estimate of drug-likeness (QED) is 0.753. The van der Waals surface area contributed by atoms with E-state index in [1.807, 2.05) is 18.2 Å². The molecule has 1 amide bonds. The van der Waals surface area contributed by atoms with Gasteiger partial charge >= 0.3 is 0 Å². The fraction of sp³-hybridized carbons (Fsp3) is 0.0526. The highest BCUT2D eigenvalue weighted by Crippen LogP contribution is 2.26. The van der Waals surface area contributed by atoms with Gasteiger partial charge in [-0.15, -0.1) is 0 Å². The van der Waals surface area contributed by atoms with Gasteiger partial charge in [0, 0.05) is 11.8 Å². The number of nitrogens with one attached hydrogen (secondary N) is 1. The predicted octanol–water partition coefficient (Wildman–Crippen LogP) is 4.07. The van der Waals surface area contributed by atoms with Crippen molar-refractivity contribution in [1.82, 2.24) is 4.98 Å². The molecule has 1 heterocycles. The van der Waals surface area contributed by atoms with Gasteiger partial charge in [-0.25, -0.2) is 0 Å². The van der Waals surface area contributed by atoms with Gasteiger partial charge in [-0.2, -0.15) is 0 Å². The highest BCUT2D eigenvalue weighted by atomic mass is 35.5. The Hall–Kier alpha value is -2.69. The van der Waals surface area contributed by atoms with Crippen molar-refractivity contribution < 1.29 is 9.90 Å². The number of nitrogens with zero attached hydrogens (tertiary/aromatic N) is 1. The van der Waals surface area contributed by atoms with Gasteiger partial charge in [-0.1, -0.05) is 60.1 Å². The summed E-state index contributed by atoms with van der Waals surface area (Å²) in [7, 11) is 0. The molecule has 2 aromatic carbocycles. The van der Waals surface area contributed by atoms with Crippen LogP contribution in [0.25, 0.3) is 0 Å². The Labute approximate surface area is 144 Å². The van der Waals surface area contributed by atoms with E-state index in [1.165, 1.54) is 6.20 Å². The zero-order valence-corrected chi connectivity index (χ0v) is 13.4. The Bertz CT molecular complexity index is 853. The summed E-state index contributed by atoms with van der Waals surface area (Å²) < 4.78 is 0. The molecule has 0 saturated heterocycles. The first-order valence-corrected chi connectivity index (χ1v) is 7.78. The summed E-state index contributed by atoms with van der Waals surface area (Å²) in [4.78, 5) is 16.7. The van der Waals surface area contributed by atoms with Crippen LogP contribution in [0.4, 0.5) is 5.69 Å². The van der Waals surface area contributed by atoms with Crippen molar-refractivity contribution in [2.24, 2.45) is 0 Å². The number of anilines is 1. The number of hydrogen-bond acceptors (Lipinski definition) is 3. The number of benzene rings is 2. The summed E-state index contributed by atoms with van der Waals surface area (Å²) in [5.41, 5.74) is 1.79. The first kappa shape index (κ1) is 16.2. The molecule has 0 radical (unpaired) electrons. The lowest BCUT2D eigenvalue weighted by Gasteiger charge is -2.15. The van der Waals surface area contributed by atoms with Gasteiger partial charge in [0.1, 0.15) is 11.8 Å². The second-order valence-electron chi connectivity index (χ2n) is 5.19. The van der Waals surface area contributed by atoms with Gasteiger partial charge in [0.15, 0.2) is 0 Å². The van der Waals surface area contributed by atoms with E-state index < -0.39 is 12.0 Å². The SMILES string of the molecule is O=C(Nc1ccccc1Cl)c1ncccc1C(O)c1ccccc1. The molecule has 3 aromatic rings. The first-order valence-electron chi connectivity index (χ1n) is 7.40. The highest BCUT2D eigenvalue weighted by Gasteiger charge is 2.20. The zero-order chi connectivity index (χ0) is 16.9. The van der Waals surface area contributed by atoms with Crippen LogP contribution in [0.3, 0.4) is 0 Å². The van der Waals surface area contributed by atoms with Crippen LogP contribution >= 0.6 is 11.6 Å². The normalized spacial score (nSPS) is 11.8. The fourth-order valence-electron chi connectivity index (χ4n) is 2.39. The number of pyridine rings is 1. The molecule has 4 nitrogen and oxygen atoms in total. The Kier molecular flexibility index (Phi) is 4.89. The second kappa shape index (κ2) is 7.25. The van der Waals surface area contributed by atoms with Crippen molar-refractivity contribution in [3.05, 3.63) is 94.8 Å². The summed E-state index contributed by atoms with van der Waals surface area (Å²) in [5.74, 6) is -0.423. The number of para-hydroxylation sites is 1. The molecule has 5 heteroatoms. The van der Waals surface area contributed by atoms with E-state index in [2.05, 4.69) is 10.3 Å². The maximum Gasteiger partial charge on any atom is 0.274 e. The molecule has 3 rings (SSSR count). The third-order valence-corrected chi connectivity index (χ3v) is 3.92. The molecule has 1 aromatic heterocycles. The maximum atomic E-state index is 12.6. The maximum absolute atomic E-state index is 12.6. The minimum absolute atomic E-state index is 0.161. The molecule has 0 fully saturated rings. The van der Waals surface area contributed by atoms with Crippen LogP contribution in [0.5, 0.6) is 0 Å². The van der Waals surface area contributed by atoms with Crippen LogP contribution in [0.1, 0.15) is 27.7 Å². The van der Waals surface area contributed by atoms with E-state index in [-0.39, 0.29) is 5.69 Å². The molecule has 1 atom stereocenters. The molecule has 1 unspecified atom stereocenters. The molecule has 120 valence electrons. The topological polar surface area (TPSA) is 62.2 Å². The molecule has 0 spiro atoms. The van der Waals surface area contributed by atoms with Crippen molar-refractivity contribution in [3.8, 4) is 0 Å². The zero-order valence-electron chi connectivity index (χ0n) is 12.7. The minimum atomic E-state index is -0.938. The standard InChI is InChI=1S/C19H15ClN2O2/c20-15-10-4-5-11-16(15)22-19(24)17-14(9-6-12-21-17)18(23)13-7-2-1-3-8-13/h1-12,18,23H,(H,22,24). The lowest BCUT2D eigenvalue weighted by molar-refractivity contribution is 0.101. The number of aromatic nitrogens is 1. The van der Waals surface area contributed by atoms with Crippen LogP contribution in [0.2, 0.25) is 5.02 Å². The van der Waals surface area contributed by atoms with E-state index in [0.717, 1.165) is 0 Å². The smallest absolute Gasteiger partial charge is 0.274 e. The van der Waals surface area contributed by atoms with Crippen molar-refractivity contribution in [1.29, 1.82) is 0 Å². The minimum Gasteiger partial charge on any atom is -0.384 e. The van der Waals surface area contributed by atoms with Gasteiger partial charge in [-0.3, -0.25) is 9.78 Å². The van der Waals surface area contributed by atoms with Crippen molar-refractivity contribution in [2.45, 2.75) is 6.10 Å². The molecule has 24 heavy (non-hydrogen) atoms. The summed E-state index contributed by atoms with van der Waals surface area (Å²) in [6.07, 6.45) is 0.579. The summed E-state index contributed by atoms with van der Waals surface area (Å²) in [5, 5.41) is 13.8. The number of aliphatic hydroxyl groups excluding tert-OH is 1. The monoisotopic (exact) mass is 338 g/mol. The lowest BCUT2D eigenvalue weighted by Crippen LogP contribution is -2.18. The average Bonchev–Trinajstić information content (AvgIpc) is 2.63. The van der Waals surface area contributed by atoms with Gasteiger partial charge in [0.2, 0.25) is 0 Å². The Morgan fingerprint density at radius 3 is 2.46 bits per heavy atom. The second-order valence-corrected chi connectivity index (χ2v) is 5.60. The van der Waals surface area contributed by atoms with Crippen LogP contribution < -0.4 is 5.32 Å². The molecule has 0 aliphatic carbocycles. The first-order chi connectivity index (χ1) is 11.7. The van der Waals surface area contributed by atoms with E-state index in [0.29, 0.717) is 21.8 Å². The summed E-state index contributed by atoms with van der Waals surface area (Å²) >= 11 is 6.07. The van der Waals surface area contributed by atoms with Crippen LogP contribution in [0, 0.1) is 0 Å². The van der Waals surface area contributed by atoms with E-state index in [4.69, 9.17) is 11.6 Å². The average molecular weight is 339 g/mol. The number of carbonyl (C=O) groups excluding carboxylic acids is 1. The molecule has 2 N–H and O–H groups in total. The summed E-state index contributed by atoms with van der Waals surface area (Å²) in [6, 6.07) is 19.5. The fourth-order valence-corrected chi connectivity index (χ4v) is 2.57. The van der Waals surface area contributed by atoms with Crippen molar-refractivity contribution in [2.75, 3.05) is 5.32 Å². The molecular formula is C19H15ClN2O2. The van der Waals surface area contributed by atoms with E-state index in [9.17, 15) is 9.90 Å². The van der Waals surface area contributed by atoms with E-state index >= 15 is 0 Å². The van der Waals surface area contributed by atoms with Gasteiger partial charge in [0.25, 0.3) is 5.91 Å². The Morgan fingerprint density at radius 1 is 1.00 bits per heavy atom. The van der Waals surface area contributed by atoms with Crippen LogP contribution in [0.15, 0.2) is 72.9 Å². The predicted molar refractivity (Wildman–Crippen MR) is 94.1 cm³/mol. The number of carbonyl (C=O) groups is 1. The largest absolute Gasteiger partial charge is 0.384 e. The van der Waals surface area contributed by atoms with Crippen LogP contribution in [-0.2, 0) is 0 Å². The van der Waals surface area contributed by atoms with Crippen LogP contribution in [-0.4, -0.2) is 16.0 Å². The molecule has 0 bridgehead atoms. The number of amides is 1. The van der Waals surface area contributed by atoms with E-state index in [1.54, 1.807) is 48.5 Å². The number of halogens is 1. The van der Waals surface area contributed by atoms with Crippen molar-refractivity contribution in [3.63, 3.8) is 0 Å². The van der Waals surface area contributed by atoms with Gasteiger partial charge in [0.05, 0.1) is 10.7 Å². The summed E-state index contributed by atoms with van der Waals surface area (Å²) in [6.45, 7) is 0. The molecule has 0 aliphatic rings.